The molecule has 0 aliphatic heterocycles. The summed E-state index contributed by atoms with van der Waals surface area (Å²) >= 11 is 6.01. The number of benzene rings is 1. The van der Waals surface area contributed by atoms with Crippen molar-refractivity contribution in [2.24, 2.45) is 0 Å². The fraction of sp³-hybridized carbons (Fsp3) is 0.412. The highest BCUT2D eigenvalue weighted by atomic mass is 35.5. The molecule has 0 aliphatic rings. The summed E-state index contributed by atoms with van der Waals surface area (Å²) in [5.74, 6) is 2.10. The lowest BCUT2D eigenvalue weighted by Gasteiger charge is -2.19. The van der Waals surface area contributed by atoms with E-state index >= 15 is 0 Å². The fourth-order valence-electron chi connectivity index (χ4n) is 1.87. The van der Waals surface area contributed by atoms with Crippen molar-refractivity contribution in [2.45, 2.75) is 46.0 Å². The van der Waals surface area contributed by atoms with E-state index in [1.54, 1.807) is 6.07 Å². The lowest BCUT2D eigenvalue weighted by Crippen LogP contribution is -2.10. The van der Waals surface area contributed by atoms with E-state index in [4.69, 9.17) is 16.3 Å². The summed E-state index contributed by atoms with van der Waals surface area (Å²) in [5.41, 5.74) is 1.39. The first-order valence-corrected chi connectivity index (χ1v) is 7.46. The average Bonchev–Trinajstić information content (AvgIpc) is 2.37. The Kier molecular flexibility index (Phi) is 4.52. The van der Waals surface area contributed by atoms with Crippen molar-refractivity contribution in [3.05, 3.63) is 46.9 Å². The Morgan fingerprint density at radius 3 is 2.19 bits per heavy atom. The number of hydrogen-bond donors (Lipinski definition) is 0. The van der Waals surface area contributed by atoms with Gasteiger partial charge in [-0.05, 0) is 23.1 Å². The van der Waals surface area contributed by atoms with Crippen molar-refractivity contribution >= 4 is 11.6 Å². The minimum Gasteiger partial charge on any atom is -0.439 e. The lowest BCUT2D eigenvalue weighted by atomic mass is 9.87. The third-order valence-corrected chi connectivity index (χ3v) is 3.34. The normalized spacial score (nSPS) is 11.8. The number of aromatic nitrogens is 2. The molecule has 1 aromatic heterocycles. The molecule has 0 amide bonds. The zero-order valence-corrected chi connectivity index (χ0v) is 13.9. The molecule has 0 N–H and O–H groups in total. The maximum Gasteiger partial charge on any atom is 0.224 e. The van der Waals surface area contributed by atoms with Crippen molar-refractivity contribution in [3.63, 3.8) is 0 Å². The summed E-state index contributed by atoms with van der Waals surface area (Å²) in [6.45, 7) is 10.6. The van der Waals surface area contributed by atoms with E-state index in [1.807, 2.05) is 26.0 Å². The van der Waals surface area contributed by atoms with Crippen LogP contribution in [0.5, 0.6) is 11.6 Å². The maximum atomic E-state index is 6.01. The van der Waals surface area contributed by atoms with Crippen LogP contribution < -0.4 is 4.74 Å². The fourth-order valence-corrected chi connectivity index (χ4v) is 2.05. The molecule has 2 aromatic rings. The molecule has 21 heavy (non-hydrogen) atoms. The number of ether oxygens (including phenoxy) is 1. The Morgan fingerprint density at radius 1 is 1.05 bits per heavy atom. The Morgan fingerprint density at radius 2 is 1.67 bits per heavy atom. The molecule has 0 unspecified atom stereocenters. The Bertz CT molecular complexity index is 616. The van der Waals surface area contributed by atoms with E-state index in [2.05, 4.69) is 42.9 Å². The van der Waals surface area contributed by atoms with Crippen LogP contribution in [0.15, 0.2) is 30.3 Å². The molecule has 0 saturated heterocycles. The molecule has 0 fully saturated rings. The topological polar surface area (TPSA) is 35.0 Å². The molecule has 0 bridgehead atoms. The van der Waals surface area contributed by atoms with Gasteiger partial charge in [0.1, 0.15) is 16.7 Å². The van der Waals surface area contributed by atoms with Gasteiger partial charge in [0.15, 0.2) is 0 Å². The summed E-state index contributed by atoms with van der Waals surface area (Å²) in [5, 5.41) is 0.398. The van der Waals surface area contributed by atoms with Crippen molar-refractivity contribution < 1.29 is 4.74 Å². The Balaban J connectivity index is 2.22. The molecule has 1 heterocycles. The predicted molar refractivity (Wildman–Crippen MR) is 86.3 cm³/mol. The maximum absolute atomic E-state index is 6.01. The molecule has 112 valence electrons. The van der Waals surface area contributed by atoms with Gasteiger partial charge in [-0.25, -0.2) is 4.98 Å². The lowest BCUT2D eigenvalue weighted by molar-refractivity contribution is 0.456. The molecular formula is C17H21ClN2O. The van der Waals surface area contributed by atoms with Gasteiger partial charge in [-0.3, -0.25) is 0 Å². The van der Waals surface area contributed by atoms with Crippen LogP contribution in [0.1, 0.15) is 51.9 Å². The second kappa shape index (κ2) is 6.02. The monoisotopic (exact) mass is 304 g/mol. The summed E-state index contributed by atoms with van der Waals surface area (Å²) in [6, 6.07) is 9.67. The number of halogens is 1. The van der Waals surface area contributed by atoms with E-state index in [1.165, 1.54) is 5.56 Å². The second-order valence-electron chi connectivity index (χ2n) is 6.42. The van der Waals surface area contributed by atoms with Gasteiger partial charge in [-0.15, -0.1) is 0 Å². The van der Waals surface area contributed by atoms with E-state index in [0.29, 0.717) is 16.9 Å². The minimum atomic E-state index is 0.127. The molecule has 4 heteroatoms. The van der Waals surface area contributed by atoms with Crippen LogP contribution in [0.2, 0.25) is 5.15 Å². The predicted octanol–water partition coefficient (Wildman–Crippen LogP) is 5.34. The van der Waals surface area contributed by atoms with Crippen molar-refractivity contribution in [1.29, 1.82) is 0 Å². The standard InChI is InChI=1S/C17H21ClN2O/c1-11(2)16-19-14(18)10-15(20-16)21-13-8-6-12(7-9-13)17(3,4)5/h6-11H,1-5H3. The third-order valence-electron chi connectivity index (χ3n) is 3.15. The Hall–Kier alpha value is -1.61. The van der Waals surface area contributed by atoms with E-state index in [-0.39, 0.29) is 11.3 Å². The van der Waals surface area contributed by atoms with E-state index in [0.717, 1.165) is 5.75 Å². The van der Waals surface area contributed by atoms with E-state index < -0.39 is 0 Å². The van der Waals surface area contributed by atoms with Crippen LogP contribution in [0, 0.1) is 0 Å². The molecule has 0 saturated carbocycles. The van der Waals surface area contributed by atoms with Crippen LogP contribution in [-0.2, 0) is 5.41 Å². The van der Waals surface area contributed by atoms with Crippen LogP contribution >= 0.6 is 11.6 Å². The molecule has 0 spiro atoms. The molecule has 3 nitrogen and oxygen atoms in total. The molecule has 2 rings (SSSR count). The molecule has 0 atom stereocenters. The smallest absolute Gasteiger partial charge is 0.224 e. The average molecular weight is 305 g/mol. The highest BCUT2D eigenvalue weighted by molar-refractivity contribution is 6.29. The summed E-state index contributed by atoms with van der Waals surface area (Å²) in [4.78, 5) is 8.58. The van der Waals surface area contributed by atoms with Crippen molar-refractivity contribution in [3.8, 4) is 11.6 Å². The first-order chi connectivity index (χ1) is 9.75. The first kappa shape index (κ1) is 15.8. The highest BCUT2D eigenvalue weighted by Gasteiger charge is 2.13. The van der Waals surface area contributed by atoms with Gasteiger partial charge in [0.25, 0.3) is 0 Å². The van der Waals surface area contributed by atoms with E-state index in [9.17, 15) is 0 Å². The van der Waals surface area contributed by atoms with Gasteiger partial charge in [0.2, 0.25) is 5.88 Å². The number of nitrogens with zero attached hydrogens (tertiary/aromatic N) is 2. The van der Waals surface area contributed by atoms with Crippen LogP contribution in [0.25, 0.3) is 0 Å². The second-order valence-corrected chi connectivity index (χ2v) is 6.81. The van der Waals surface area contributed by atoms with Crippen LogP contribution in [0.3, 0.4) is 0 Å². The SMILES string of the molecule is CC(C)c1nc(Cl)cc(Oc2ccc(C(C)(C)C)cc2)n1. The third kappa shape index (κ3) is 4.18. The largest absolute Gasteiger partial charge is 0.439 e. The molecular weight excluding hydrogens is 284 g/mol. The quantitative estimate of drug-likeness (QED) is 0.718. The first-order valence-electron chi connectivity index (χ1n) is 7.08. The van der Waals surface area contributed by atoms with Gasteiger partial charge in [-0.2, -0.15) is 4.98 Å². The number of hydrogen-bond acceptors (Lipinski definition) is 3. The van der Waals surface area contributed by atoms with Gasteiger partial charge < -0.3 is 4.74 Å². The summed E-state index contributed by atoms with van der Waals surface area (Å²) < 4.78 is 5.78. The van der Waals surface area contributed by atoms with Crippen molar-refractivity contribution in [2.75, 3.05) is 0 Å². The van der Waals surface area contributed by atoms with Gasteiger partial charge in [-0.1, -0.05) is 58.4 Å². The van der Waals surface area contributed by atoms with Crippen LogP contribution in [0.4, 0.5) is 0 Å². The summed E-state index contributed by atoms with van der Waals surface area (Å²) in [7, 11) is 0. The highest BCUT2D eigenvalue weighted by Crippen LogP contribution is 2.27. The minimum absolute atomic E-state index is 0.127. The van der Waals surface area contributed by atoms with Crippen LogP contribution in [-0.4, -0.2) is 9.97 Å². The zero-order valence-electron chi connectivity index (χ0n) is 13.1. The molecule has 0 aliphatic carbocycles. The Labute approximate surface area is 131 Å². The van der Waals surface area contributed by atoms with Gasteiger partial charge in [0.05, 0.1) is 0 Å². The van der Waals surface area contributed by atoms with Gasteiger partial charge >= 0.3 is 0 Å². The van der Waals surface area contributed by atoms with Crippen molar-refractivity contribution in [1.82, 2.24) is 9.97 Å². The number of rotatable bonds is 3. The van der Waals surface area contributed by atoms with Gasteiger partial charge in [0, 0.05) is 12.0 Å². The zero-order chi connectivity index (χ0) is 15.6. The molecule has 1 aromatic carbocycles. The summed E-state index contributed by atoms with van der Waals surface area (Å²) in [6.07, 6.45) is 0. The molecule has 0 radical (unpaired) electrons.